The number of fused-ring (bicyclic) bond motifs is 3. The number of thiophene rings is 1. The second-order valence-corrected chi connectivity index (χ2v) is 8.09. The molecule has 6 heteroatoms. The third-order valence-corrected chi connectivity index (χ3v) is 6.51. The first kappa shape index (κ1) is 15.8. The summed E-state index contributed by atoms with van der Waals surface area (Å²) in [5, 5.41) is 4.52. The van der Waals surface area contributed by atoms with Gasteiger partial charge in [-0.25, -0.2) is 9.97 Å². The van der Waals surface area contributed by atoms with Crippen LogP contribution in [0.5, 0.6) is 0 Å². The van der Waals surface area contributed by atoms with Crippen LogP contribution in [0.1, 0.15) is 50.0 Å². The van der Waals surface area contributed by atoms with Gasteiger partial charge in [-0.05, 0) is 57.9 Å². The van der Waals surface area contributed by atoms with Crippen LogP contribution in [0.25, 0.3) is 10.2 Å². The van der Waals surface area contributed by atoms with Gasteiger partial charge in [-0.2, -0.15) is 0 Å². The van der Waals surface area contributed by atoms with E-state index >= 15 is 0 Å². The van der Waals surface area contributed by atoms with Crippen molar-refractivity contribution in [2.45, 2.75) is 64.5 Å². The van der Waals surface area contributed by atoms with Crippen LogP contribution in [-0.4, -0.2) is 39.4 Å². The molecule has 2 atom stereocenters. The van der Waals surface area contributed by atoms with Crippen LogP contribution < -0.4 is 5.32 Å². The first-order valence-corrected chi connectivity index (χ1v) is 9.79. The minimum Gasteiger partial charge on any atom is -0.358 e. The lowest BCUT2D eigenvalue weighted by Gasteiger charge is -2.35. The van der Waals surface area contributed by atoms with E-state index in [-0.39, 0.29) is 11.9 Å². The lowest BCUT2D eigenvalue weighted by Crippen LogP contribution is -2.48. The highest BCUT2D eigenvalue weighted by Gasteiger charge is 2.28. The van der Waals surface area contributed by atoms with E-state index in [0.29, 0.717) is 6.04 Å². The highest BCUT2D eigenvalue weighted by molar-refractivity contribution is 7.19. The summed E-state index contributed by atoms with van der Waals surface area (Å²) in [5.74, 6) is 1.01. The number of aryl methyl sites for hydroxylation is 2. The minimum atomic E-state index is -0.263. The van der Waals surface area contributed by atoms with Gasteiger partial charge in [0.25, 0.3) is 0 Å². The van der Waals surface area contributed by atoms with Gasteiger partial charge in [0, 0.05) is 17.5 Å². The van der Waals surface area contributed by atoms with Gasteiger partial charge >= 0.3 is 0 Å². The Bertz CT molecular complexity index is 772. The maximum absolute atomic E-state index is 12.8. The van der Waals surface area contributed by atoms with Crippen molar-refractivity contribution in [3.8, 4) is 0 Å². The molecule has 128 valence electrons. The zero-order valence-corrected chi connectivity index (χ0v) is 15.2. The summed E-state index contributed by atoms with van der Waals surface area (Å²) in [6.07, 6.45) is 8.51. The first-order chi connectivity index (χ1) is 11.6. The van der Waals surface area contributed by atoms with Crippen molar-refractivity contribution in [3.05, 3.63) is 16.8 Å². The summed E-state index contributed by atoms with van der Waals surface area (Å²) in [5.41, 5.74) is 1.39. The van der Waals surface area contributed by atoms with Gasteiger partial charge in [0.05, 0.1) is 5.39 Å². The molecule has 0 radical (unpaired) electrons. The molecule has 0 saturated carbocycles. The molecule has 1 fully saturated rings. The van der Waals surface area contributed by atoms with Crippen molar-refractivity contribution in [1.82, 2.24) is 14.9 Å². The fourth-order valence-corrected chi connectivity index (χ4v) is 5.21. The van der Waals surface area contributed by atoms with E-state index in [1.165, 1.54) is 23.3 Å². The summed E-state index contributed by atoms with van der Waals surface area (Å²) in [7, 11) is 0. The molecule has 0 aromatic carbocycles. The van der Waals surface area contributed by atoms with Crippen LogP contribution >= 0.6 is 11.3 Å². The number of nitrogens with one attached hydrogen (secondary N) is 1. The van der Waals surface area contributed by atoms with E-state index < -0.39 is 0 Å². The molecule has 2 unspecified atom stereocenters. The Kier molecular flexibility index (Phi) is 4.16. The molecule has 1 amide bonds. The van der Waals surface area contributed by atoms with E-state index in [1.807, 2.05) is 11.8 Å². The largest absolute Gasteiger partial charge is 0.358 e. The standard InChI is InChI=1S/C18H24N4OS/c1-11-6-3-4-9-22(11)18(23)12(2)21-16-15-13-7-5-8-14(13)24-17(15)20-10-19-16/h10-12H,3-9H2,1-2H3,(H,19,20,21). The van der Waals surface area contributed by atoms with Crippen molar-refractivity contribution in [3.63, 3.8) is 0 Å². The lowest BCUT2D eigenvalue weighted by atomic mass is 10.0. The molecule has 3 heterocycles. The monoisotopic (exact) mass is 344 g/mol. The average molecular weight is 344 g/mol. The molecule has 0 bridgehead atoms. The van der Waals surface area contributed by atoms with Crippen LogP contribution in [0.2, 0.25) is 0 Å². The number of rotatable bonds is 3. The molecule has 24 heavy (non-hydrogen) atoms. The third kappa shape index (κ3) is 2.66. The molecule has 5 nitrogen and oxygen atoms in total. The fraction of sp³-hybridized carbons (Fsp3) is 0.611. The number of likely N-dealkylation sites (tertiary alicyclic amines) is 1. The van der Waals surface area contributed by atoms with E-state index in [4.69, 9.17) is 0 Å². The predicted octanol–water partition coefficient (Wildman–Crippen LogP) is 3.38. The van der Waals surface area contributed by atoms with Crippen molar-refractivity contribution in [2.75, 3.05) is 11.9 Å². The molecule has 1 aliphatic heterocycles. The van der Waals surface area contributed by atoms with Crippen molar-refractivity contribution in [1.29, 1.82) is 0 Å². The number of aromatic nitrogens is 2. The van der Waals surface area contributed by atoms with Gasteiger partial charge in [0.2, 0.25) is 5.91 Å². The zero-order chi connectivity index (χ0) is 16.7. The summed E-state index contributed by atoms with van der Waals surface area (Å²) >= 11 is 1.78. The topological polar surface area (TPSA) is 58.1 Å². The molecule has 0 spiro atoms. The number of anilines is 1. The normalized spacial score (nSPS) is 21.8. The zero-order valence-electron chi connectivity index (χ0n) is 14.3. The molecule has 2 aliphatic rings. The second kappa shape index (κ2) is 6.31. The SMILES string of the molecule is CC(Nc1ncnc2sc3c(c12)CCC3)C(=O)N1CCCCC1C. The lowest BCUT2D eigenvalue weighted by molar-refractivity contribution is -0.134. The summed E-state index contributed by atoms with van der Waals surface area (Å²) in [6.45, 7) is 4.97. The maximum atomic E-state index is 12.8. The van der Waals surface area contributed by atoms with E-state index in [0.717, 1.165) is 48.3 Å². The number of carbonyl (C=O) groups is 1. The number of carbonyl (C=O) groups excluding carboxylic acids is 1. The van der Waals surface area contributed by atoms with Gasteiger partial charge in [-0.1, -0.05) is 0 Å². The Hall–Kier alpha value is -1.69. The van der Waals surface area contributed by atoms with Crippen molar-refractivity contribution >= 4 is 33.3 Å². The Balaban J connectivity index is 1.58. The quantitative estimate of drug-likeness (QED) is 0.927. The van der Waals surface area contributed by atoms with Gasteiger partial charge in [-0.3, -0.25) is 4.79 Å². The first-order valence-electron chi connectivity index (χ1n) is 8.97. The fourth-order valence-electron chi connectivity index (χ4n) is 3.98. The smallest absolute Gasteiger partial charge is 0.245 e. The molecular weight excluding hydrogens is 320 g/mol. The molecule has 4 rings (SSSR count). The third-order valence-electron chi connectivity index (χ3n) is 5.31. The Labute approximate surface area is 146 Å². The van der Waals surface area contributed by atoms with E-state index in [9.17, 15) is 4.79 Å². The van der Waals surface area contributed by atoms with Gasteiger partial charge < -0.3 is 10.2 Å². The Morgan fingerprint density at radius 1 is 1.33 bits per heavy atom. The highest BCUT2D eigenvalue weighted by atomic mass is 32.1. The van der Waals surface area contributed by atoms with E-state index in [1.54, 1.807) is 17.7 Å². The van der Waals surface area contributed by atoms with Gasteiger partial charge in [-0.15, -0.1) is 11.3 Å². The molecule has 1 saturated heterocycles. The van der Waals surface area contributed by atoms with Crippen molar-refractivity contribution in [2.24, 2.45) is 0 Å². The summed E-state index contributed by atoms with van der Waals surface area (Å²) < 4.78 is 0. The van der Waals surface area contributed by atoms with Gasteiger partial charge in [0.15, 0.2) is 0 Å². The van der Waals surface area contributed by atoms with Crippen LogP contribution in [0, 0.1) is 0 Å². The van der Waals surface area contributed by atoms with Gasteiger partial charge in [0.1, 0.15) is 23.0 Å². The molecule has 1 N–H and O–H groups in total. The van der Waals surface area contributed by atoms with Crippen LogP contribution in [-0.2, 0) is 17.6 Å². The maximum Gasteiger partial charge on any atom is 0.245 e. The van der Waals surface area contributed by atoms with Crippen LogP contribution in [0.4, 0.5) is 5.82 Å². The second-order valence-electron chi connectivity index (χ2n) is 7.00. The summed E-state index contributed by atoms with van der Waals surface area (Å²) in [6, 6.07) is 0.0758. The minimum absolute atomic E-state index is 0.181. The average Bonchev–Trinajstić information content (AvgIpc) is 3.15. The number of nitrogens with zero attached hydrogens (tertiary/aromatic N) is 3. The molecule has 2 aromatic heterocycles. The Morgan fingerprint density at radius 2 is 2.21 bits per heavy atom. The van der Waals surface area contributed by atoms with E-state index in [2.05, 4.69) is 22.2 Å². The number of amides is 1. The van der Waals surface area contributed by atoms with Crippen molar-refractivity contribution < 1.29 is 4.79 Å². The molecular formula is C18H24N4OS. The molecule has 2 aromatic rings. The number of piperidine rings is 1. The van der Waals surface area contributed by atoms with Crippen LogP contribution in [0.15, 0.2) is 6.33 Å². The summed E-state index contributed by atoms with van der Waals surface area (Å²) in [4.78, 5) is 26.2. The molecule has 1 aliphatic carbocycles. The number of hydrogen-bond acceptors (Lipinski definition) is 5. The highest BCUT2D eigenvalue weighted by Crippen LogP contribution is 2.39. The van der Waals surface area contributed by atoms with Crippen LogP contribution in [0.3, 0.4) is 0 Å². The Morgan fingerprint density at radius 3 is 3.04 bits per heavy atom. The number of hydrogen-bond donors (Lipinski definition) is 1. The predicted molar refractivity (Wildman–Crippen MR) is 97.6 cm³/mol.